The van der Waals surface area contributed by atoms with Crippen molar-refractivity contribution in [1.82, 2.24) is 18.8 Å². The summed E-state index contributed by atoms with van der Waals surface area (Å²) in [5.41, 5.74) is 0.512. The molecule has 0 aromatic heterocycles. The van der Waals surface area contributed by atoms with Gasteiger partial charge in [0.2, 0.25) is 11.8 Å². The van der Waals surface area contributed by atoms with Crippen LogP contribution in [-0.4, -0.2) is 85.7 Å². The Morgan fingerprint density at radius 3 is 2.47 bits per heavy atom. The number of nitrogens with one attached hydrogen (secondary N) is 1. The summed E-state index contributed by atoms with van der Waals surface area (Å²) in [7, 11) is -3.76. The fourth-order valence-electron chi connectivity index (χ4n) is 5.00. The molecule has 1 aromatic carbocycles. The lowest BCUT2D eigenvalue weighted by molar-refractivity contribution is -0.152. The van der Waals surface area contributed by atoms with Gasteiger partial charge in [-0.05, 0) is 25.3 Å². The summed E-state index contributed by atoms with van der Waals surface area (Å²) in [6.45, 7) is 3.63. The molecule has 0 spiro atoms. The minimum atomic E-state index is -3.76. The number of nitrogens with zero attached hydrogens (tertiary/aromatic N) is 4. The van der Waals surface area contributed by atoms with Crippen molar-refractivity contribution in [3.8, 4) is 6.07 Å². The highest BCUT2D eigenvalue weighted by Gasteiger charge is 2.44. The Bertz CT molecular complexity index is 1180. The Morgan fingerprint density at radius 2 is 1.84 bits per heavy atom. The van der Waals surface area contributed by atoms with Gasteiger partial charge in [0.1, 0.15) is 6.04 Å². The number of carbonyl (C=O) groups excluding carboxylic acids is 2. The van der Waals surface area contributed by atoms with E-state index in [2.05, 4.69) is 11.4 Å². The fraction of sp³-hybridized carbons (Fsp3) is 0.640. The molecule has 1 aromatic rings. The second kappa shape index (κ2) is 11.2. The highest BCUT2D eigenvalue weighted by Crippen LogP contribution is 2.29. The normalized spacial score (nSPS) is 24.8. The van der Waals surface area contributed by atoms with Crippen molar-refractivity contribution >= 4 is 22.0 Å². The van der Waals surface area contributed by atoms with E-state index in [1.54, 1.807) is 6.92 Å². The van der Waals surface area contributed by atoms with E-state index in [0.717, 1.165) is 6.92 Å². The molecule has 1 N–H and O–H groups in total. The molecule has 0 unspecified atom stereocenters. The van der Waals surface area contributed by atoms with E-state index >= 15 is 0 Å². The molecule has 3 aliphatic heterocycles. The van der Waals surface area contributed by atoms with E-state index in [9.17, 15) is 26.8 Å². The van der Waals surface area contributed by atoms with Gasteiger partial charge in [-0.1, -0.05) is 24.3 Å². The molecule has 0 bridgehead atoms. The zero-order valence-electron chi connectivity index (χ0n) is 21.5. The van der Waals surface area contributed by atoms with Gasteiger partial charge >= 0.3 is 0 Å². The number of amides is 2. The molecule has 10 nitrogen and oxygen atoms in total. The van der Waals surface area contributed by atoms with Crippen molar-refractivity contribution in [1.29, 1.82) is 5.26 Å². The summed E-state index contributed by atoms with van der Waals surface area (Å²) in [5, 5.41) is 11.8. The topological polar surface area (TPSA) is 123 Å². The van der Waals surface area contributed by atoms with Gasteiger partial charge in [0.15, 0.2) is 0 Å². The van der Waals surface area contributed by atoms with Crippen molar-refractivity contribution < 1.29 is 31.5 Å². The number of rotatable bonds is 7. The number of hydrogen-bond donors (Lipinski definition) is 1. The maximum atomic E-state index is 13.5. The number of benzene rings is 1. The van der Waals surface area contributed by atoms with Crippen LogP contribution in [0.5, 0.6) is 0 Å². The van der Waals surface area contributed by atoms with Crippen LogP contribution in [0.1, 0.15) is 43.9 Å². The lowest BCUT2D eigenvalue weighted by Gasteiger charge is -2.42. The lowest BCUT2D eigenvalue weighted by Crippen LogP contribution is -2.60. The standard InChI is InChI=1S/C25H33F2N5O5S/c1-17(19-5-7-21(8-6-19)25(2,26)27)29-23(33)22-16-37-11-10-32(22)24(34)20-4-3-9-30(15-20)38(35,36)31-13-18(12-28)14-31/h5-8,17-18,20,22H,3-4,9-11,13-16H2,1-2H3,(H,29,33)/t17-,20+,22-/m1/s1. The van der Waals surface area contributed by atoms with Crippen LogP contribution in [0.25, 0.3) is 0 Å². The van der Waals surface area contributed by atoms with Crippen molar-refractivity contribution in [2.45, 2.75) is 44.7 Å². The van der Waals surface area contributed by atoms with Crippen LogP contribution in [0.2, 0.25) is 0 Å². The molecule has 3 fully saturated rings. The third-order valence-corrected chi connectivity index (χ3v) is 9.34. The molecule has 3 aliphatic rings. The summed E-state index contributed by atoms with van der Waals surface area (Å²) in [5.74, 6) is -4.60. The first-order chi connectivity index (χ1) is 17.9. The van der Waals surface area contributed by atoms with E-state index in [1.165, 1.54) is 37.8 Å². The molecule has 38 heavy (non-hydrogen) atoms. The molecule has 13 heteroatoms. The SMILES string of the molecule is C[C@@H](NC(=O)[C@H]1COCCN1C(=O)[C@H]1CCCN(S(=O)(=O)N2CC(C#N)C2)C1)c1ccc(C(C)(F)F)cc1. The number of morpholine rings is 1. The van der Waals surface area contributed by atoms with Gasteiger partial charge < -0.3 is 15.0 Å². The molecule has 3 saturated heterocycles. The van der Waals surface area contributed by atoms with Crippen molar-refractivity contribution in [2.24, 2.45) is 11.8 Å². The molecule has 0 saturated carbocycles. The van der Waals surface area contributed by atoms with Crippen molar-refractivity contribution in [3.63, 3.8) is 0 Å². The Labute approximate surface area is 221 Å². The zero-order chi connectivity index (χ0) is 27.7. The number of ether oxygens (including phenoxy) is 1. The number of piperidine rings is 1. The second-order valence-corrected chi connectivity index (χ2v) is 12.1. The van der Waals surface area contributed by atoms with Crippen LogP contribution in [-0.2, 0) is 30.5 Å². The summed E-state index contributed by atoms with van der Waals surface area (Å²) >= 11 is 0. The van der Waals surface area contributed by atoms with Crippen LogP contribution in [0, 0.1) is 23.2 Å². The second-order valence-electron chi connectivity index (χ2n) is 10.2. The Kier molecular flexibility index (Phi) is 8.37. The number of hydrogen-bond acceptors (Lipinski definition) is 6. The third-order valence-electron chi connectivity index (χ3n) is 7.41. The number of nitriles is 1. The van der Waals surface area contributed by atoms with E-state index in [0.29, 0.717) is 24.9 Å². The first-order valence-corrected chi connectivity index (χ1v) is 14.1. The molecule has 4 rings (SSSR count). The quantitative estimate of drug-likeness (QED) is 0.548. The number of carbonyl (C=O) groups is 2. The van der Waals surface area contributed by atoms with Gasteiger partial charge in [-0.25, -0.2) is 8.78 Å². The Morgan fingerprint density at radius 1 is 1.16 bits per heavy atom. The predicted octanol–water partition coefficient (Wildman–Crippen LogP) is 1.62. The monoisotopic (exact) mass is 553 g/mol. The van der Waals surface area contributed by atoms with Crippen molar-refractivity contribution in [3.05, 3.63) is 35.4 Å². The molecular weight excluding hydrogens is 520 g/mol. The first kappa shape index (κ1) is 28.4. The van der Waals surface area contributed by atoms with Gasteiger partial charge in [-0.15, -0.1) is 0 Å². The maximum Gasteiger partial charge on any atom is 0.282 e. The van der Waals surface area contributed by atoms with Crippen LogP contribution >= 0.6 is 0 Å². The summed E-state index contributed by atoms with van der Waals surface area (Å²) in [6.07, 6.45) is 1.01. The van der Waals surface area contributed by atoms with E-state index < -0.39 is 40.0 Å². The van der Waals surface area contributed by atoms with Gasteiger partial charge in [-0.3, -0.25) is 9.59 Å². The van der Waals surface area contributed by atoms with Crippen LogP contribution in [0.15, 0.2) is 24.3 Å². The Balaban J connectivity index is 1.40. The predicted molar refractivity (Wildman–Crippen MR) is 133 cm³/mol. The van der Waals surface area contributed by atoms with Crippen LogP contribution in [0.4, 0.5) is 8.78 Å². The molecule has 2 amide bonds. The number of halogens is 2. The highest BCUT2D eigenvalue weighted by molar-refractivity contribution is 7.86. The molecule has 3 heterocycles. The summed E-state index contributed by atoms with van der Waals surface area (Å²) in [6, 6.07) is 6.38. The average molecular weight is 554 g/mol. The minimum absolute atomic E-state index is 0.00332. The fourth-order valence-corrected chi connectivity index (χ4v) is 6.79. The smallest absolute Gasteiger partial charge is 0.282 e. The molecular formula is C25H33F2N5O5S. The van der Waals surface area contributed by atoms with Crippen LogP contribution < -0.4 is 5.32 Å². The highest BCUT2D eigenvalue weighted by atomic mass is 32.2. The lowest BCUT2D eigenvalue weighted by atomic mass is 9.97. The van der Waals surface area contributed by atoms with Gasteiger partial charge in [-0.2, -0.15) is 22.3 Å². The van der Waals surface area contributed by atoms with E-state index in [1.807, 2.05) is 0 Å². The molecule has 208 valence electrons. The van der Waals surface area contributed by atoms with Gasteiger partial charge in [0, 0.05) is 45.2 Å². The Hall–Kier alpha value is -2.66. The molecule has 3 atom stereocenters. The van der Waals surface area contributed by atoms with Gasteiger partial charge in [0.25, 0.3) is 16.1 Å². The zero-order valence-corrected chi connectivity index (χ0v) is 22.3. The van der Waals surface area contributed by atoms with E-state index in [4.69, 9.17) is 10.00 Å². The first-order valence-electron chi connectivity index (χ1n) is 12.7. The molecule has 0 radical (unpaired) electrons. The van der Waals surface area contributed by atoms with Gasteiger partial charge in [0.05, 0.1) is 37.2 Å². The van der Waals surface area contributed by atoms with E-state index in [-0.39, 0.29) is 56.8 Å². The minimum Gasteiger partial charge on any atom is -0.377 e. The average Bonchev–Trinajstić information content (AvgIpc) is 2.87. The van der Waals surface area contributed by atoms with Crippen molar-refractivity contribution in [2.75, 3.05) is 45.9 Å². The summed E-state index contributed by atoms with van der Waals surface area (Å²) < 4.78 is 61.0. The summed E-state index contributed by atoms with van der Waals surface area (Å²) in [4.78, 5) is 28.2. The van der Waals surface area contributed by atoms with Crippen LogP contribution in [0.3, 0.4) is 0 Å². The number of alkyl halides is 2. The maximum absolute atomic E-state index is 13.5. The third kappa shape index (κ3) is 5.98. The largest absolute Gasteiger partial charge is 0.377 e. The molecule has 0 aliphatic carbocycles.